The Labute approximate surface area is 124 Å². The molecule has 0 unspecified atom stereocenters. The Kier molecular flexibility index (Phi) is 4.45. The highest BCUT2D eigenvalue weighted by Gasteiger charge is 2.30. The fourth-order valence-corrected chi connectivity index (χ4v) is 1.76. The number of primary amides is 1. The van der Waals surface area contributed by atoms with E-state index in [4.69, 9.17) is 5.73 Å². The summed E-state index contributed by atoms with van der Waals surface area (Å²) in [5.41, 5.74) is 5.35. The van der Waals surface area contributed by atoms with Gasteiger partial charge in [0.1, 0.15) is 5.82 Å². The summed E-state index contributed by atoms with van der Waals surface area (Å²) >= 11 is 0. The number of rotatable bonds is 3. The number of amides is 2. The van der Waals surface area contributed by atoms with Gasteiger partial charge in [0.15, 0.2) is 0 Å². The molecule has 1 heterocycles. The van der Waals surface area contributed by atoms with Gasteiger partial charge in [0.05, 0.1) is 5.56 Å². The number of anilines is 1. The van der Waals surface area contributed by atoms with Crippen LogP contribution in [0.15, 0.2) is 42.6 Å². The number of aromatic nitrogens is 1. The van der Waals surface area contributed by atoms with Crippen LogP contribution in [0.3, 0.4) is 0 Å². The maximum atomic E-state index is 12.6. The number of alkyl halides is 3. The topological polar surface area (TPSA) is 68.0 Å². The van der Waals surface area contributed by atoms with Gasteiger partial charge in [-0.15, -0.1) is 0 Å². The Balaban J connectivity index is 2.20. The lowest BCUT2D eigenvalue weighted by atomic mass is 10.1. The first-order valence-corrected chi connectivity index (χ1v) is 6.22. The predicted octanol–water partition coefficient (Wildman–Crippen LogP) is 3.76. The molecule has 0 radical (unpaired) electrons. The molecule has 114 valence electrons. The number of carbonyl (C=O) groups is 1. The molecule has 0 aliphatic heterocycles. The van der Waals surface area contributed by atoms with E-state index in [1.165, 1.54) is 12.3 Å². The fourth-order valence-electron chi connectivity index (χ4n) is 1.76. The number of benzene rings is 1. The minimum atomic E-state index is -4.38. The first-order chi connectivity index (χ1) is 10.3. The van der Waals surface area contributed by atoms with Crippen molar-refractivity contribution in [2.45, 2.75) is 6.18 Å². The highest BCUT2D eigenvalue weighted by molar-refractivity contribution is 5.87. The number of pyridine rings is 1. The molecule has 0 spiro atoms. The van der Waals surface area contributed by atoms with Crippen LogP contribution in [0.4, 0.5) is 23.8 Å². The second-order valence-corrected chi connectivity index (χ2v) is 4.42. The zero-order valence-electron chi connectivity index (χ0n) is 11.3. The van der Waals surface area contributed by atoms with Crippen molar-refractivity contribution in [1.82, 2.24) is 4.98 Å². The molecule has 0 saturated carbocycles. The molecule has 0 fully saturated rings. The third-order valence-corrected chi connectivity index (χ3v) is 2.72. The molecule has 3 N–H and O–H groups in total. The van der Waals surface area contributed by atoms with E-state index in [-0.39, 0.29) is 5.82 Å². The Morgan fingerprint density at radius 1 is 1.14 bits per heavy atom. The molecule has 1 aromatic carbocycles. The summed E-state index contributed by atoms with van der Waals surface area (Å²) in [4.78, 5) is 14.6. The number of hydrogen-bond donors (Lipinski definition) is 2. The number of nitrogens with zero attached hydrogens (tertiary/aromatic N) is 1. The highest BCUT2D eigenvalue weighted by Crippen LogP contribution is 2.29. The summed E-state index contributed by atoms with van der Waals surface area (Å²) in [6, 6.07) is 7.43. The molecule has 0 saturated heterocycles. The third kappa shape index (κ3) is 4.34. The second-order valence-electron chi connectivity index (χ2n) is 4.42. The van der Waals surface area contributed by atoms with Crippen LogP contribution in [0.5, 0.6) is 0 Å². The largest absolute Gasteiger partial charge is 0.416 e. The molecule has 0 bridgehead atoms. The molecule has 22 heavy (non-hydrogen) atoms. The first-order valence-electron chi connectivity index (χ1n) is 6.22. The molecule has 0 aliphatic carbocycles. The van der Waals surface area contributed by atoms with Crippen molar-refractivity contribution in [3.05, 3.63) is 59.3 Å². The number of nitrogens with one attached hydrogen (secondary N) is 1. The molecule has 2 rings (SSSR count). The number of urea groups is 1. The SMILES string of the molecule is NC(=O)Nc1cc(/C=C/c2cccc(C(F)(F)F)c2)ccn1. The highest BCUT2D eigenvalue weighted by atomic mass is 19.4. The van der Waals surface area contributed by atoms with Crippen molar-refractivity contribution in [2.75, 3.05) is 5.32 Å². The van der Waals surface area contributed by atoms with Gasteiger partial charge in [0.2, 0.25) is 0 Å². The summed E-state index contributed by atoms with van der Waals surface area (Å²) in [7, 11) is 0. The van der Waals surface area contributed by atoms with E-state index in [2.05, 4.69) is 10.3 Å². The molecule has 4 nitrogen and oxygen atoms in total. The Morgan fingerprint density at radius 2 is 1.82 bits per heavy atom. The van der Waals surface area contributed by atoms with Crippen molar-refractivity contribution < 1.29 is 18.0 Å². The van der Waals surface area contributed by atoms with E-state index in [1.54, 1.807) is 30.4 Å². The number of hydrogen-bond acceptors (Lipinski definition) is 2. The molecule has 7 heteroatoms. The van der Waals surface area contributed by atoms with Gasteiger partial charge in [-0.3, -0.25) is 5.32 Å². The minimum Gasteiger partial charge on any atom is -0.351 e. The summed E-state index contributed by atoms with van der Waals surface area (Å²) in [6.07, 6.45) is 0.234. The summed E-state index contributed by atoms with van der Waals surface area (Å²) in [5, 5.41) is 2.32. The van der Waals surface area contributed by atoms with Crippen LogP contribution < -0.4 is 11.1 Å². The van der Waals surface area contributed by atoms with Crippen LogP contribution in [0.2, 0.25) is 0 Å². The van der Waals surface area contributed by atoms with Crippen LogP contribution in [-0.4, -0.2) is 11.0 Å². The number of halogens is 3. The van der Waals surface area contributed by atoms with Gasteiger partial charge in [-0.2, -0.15) is 13.2 Å². The van der Waals surface area contributed by atoms with Crippen molar-refractivity contribution >= 4 is 24.0 Å². The van der Waals surface area contributed by atoms with Crippen LogP contribution in [0.1, 0.15) is 16.7 Å². The van der Waals surface area contributed by atoms with Crippen LogP contribution >= 0.6 is 0 Å². The van der Waals surface area contributed by atoms with Crippen LogP contribution in [0, 0.1) is 0 Å². The van der Waals surface area contributed by atoms with Gasteiger partial charge in [-0.05, 0) is 35.4 Å². The Hall–Kier alpha value is -2.83. The van der Waals surface area contributed by atoms with E-state index in [9.17, 15) is 18.0 Å². The summed E-state index contributed by atoms with van der Waals surface area (Å²) in [6.45, 7) is 0. The van der Waals surface area contributed by atoms with Gasteiger partial charge in [-0.1, -0.05) is 24.3 Å². The normalized spacial score (nSPS) is 11.6. The van der Waals surface area contributed by atoms with Gasteiger partial charge in [0, 0.05) is 6.20 Å². The monoisotopic (exact) mass is 307 g/mol. The average molecular weight is 307 g/mol. The third-order valence-electron chi connectivity index (χ3n) is 2.72. The van der Waals surface area contributed by atoms with Gasteiger partial charge in [-0.25, -0.2) is 9.78 Å². The van der Waals surface area contributed by atoms with Crippen molar-refractivity contribution in [3.8, 4) is 0 Å². The number of carbonyl (C=O) groups excluding carboxylic acids is 1. The lowest BCUT2D eigenvalue weighted by Gasteiger charge is -2.06. The van der Waals surface area contributed by atoms with Crippen LogP contribution in [-0.2, 0) is 6.18 Å². The first kappa shape index (κ1) is 15.6. The molecule has 1 aromatic heterocycles. The van der Waals surface area contributed by atoms with E-state index in [0.717, 1.165) is 12.1 Å². The molecular formula is C15H12F3N3O. The van der Waals surface area contributed by atoms with Crippen molar-refractivity contribution in [3.63, 3.8) is 0 Å². The quantitative estimate of drug-likeness (QED) is 0.906. The lowest BCUT2D eigenvalue weighted by Crippen LogP contribution is -2.19. The second kappa shape index (κ2) is 6.30. The smallest absolute Gasteiger partial charge is 0.351 e. The summed E-state index contributed by atoms with van der Waals surface area (Å²) < 4.78 is 37.9. The molecule has 2 amide bonds. The van der Waals surface area contributed by atoms with Gasteiger partial charge >= 0.3 is 12.2 Å². The van der Waals surface area contributed by atoms with E-state index in [1.807, 2.05) is 0 Å². The lowest BCUT2D eigenvalue weighted by molar-refractivity contribution is -0.137. The molecule has 0 atom stereocenters. The average Bonchev–Trinajstić information content (AvgIpc) is 2.44. The summed E-state index contributed by atoms with van der Waals surface area (Å²) in [5.74, 6) is 0.263. The zero-order valence-corrected chi connectivity index (χ0v) is 11.3. The Bertz CT molecular complexity index is 711. The van der Waals surface area contributed by atoms with Crippen molar-refractivity contribution in [2.24, 2.45) is 5.73 Å². The Morgan fingerprint density at radius 3 is 2.45 bits per heavy atom. The molecular weight excluding hydrogens is 295 g/mol. The molecule has 0 aliphatic rings. The van der Waals surface area contributed by atoms with Crippen molar-refractivity contribution in [1.29, 1.82) is 0 Å². The van der Waals surface area contributed by atoms with E-state index in [0.29, 0.717) is 11.1 Å². The van der Waals surface area contributed by atoms with E-state index >= 15 is 0 Å². The number of nitrogens with two attached hydrogens (primary N) is 1. The fraction of sp³-hybridized carbons (Fsp3) is 0.0667. The van der Waals surface area contributed by atoms with Crippen LogP contribution in [0.25, 0.3) is 12.2 Å². The maximum Gasteiger partial charge on any atom is 0.416 e. The van der Waals surface area contributed by atoms with Gasteiger partial charge < -0.3 is 5.73 Å². The standard InChI is InChI=1S/C15H12F3N3O/c16-15(17,18)12-3-1-2-10(8-12)4-5-11-6-7-20-13(9-11)21-14(19)22/h1-9H,(H3,19,20,21,22)/b5-4+. The predicted molar refractivity (Wildman–Crippen MR) is 77.8 cm³/mol. The zero-order chi connectivity index (χ0) is 16.2. The van der Waals surface area contributed by atoms with Gasteiger partial charge in [0.25, 0.3) is 0 Å². The molecule has 2 aromatic rings. The maximum absolute atomic E-state index is 12.6. The van der Waals surface area contributed by atoms with E-state index < -0.39 is 17.8 Å². The minimum absolute atomic E-state index is 0.263.